The Kier molecular flexibility index (Phi) is 6.95. The van der Waals surface area contributed by atoms with Gasteiger partial charge in [-0.1, -0.05) is 6.07 Å². The van der Waals surface area contributed by atoms with Gasteiger partial charge in [-0.25, -0.2) is 14.5 Å². The number of amides is 1. The van der Waals surface area contributed by atoms with E-state index in [0.717, 1.165) is 31.2 Å². The first-order chi connectivity index (χ1) is 17.6. The Morgan fingerprint density at radius 1 is 1.22 bits per heavy atom. The molecule has 0 radical (unpaired) electrons. The molecule has 1 atom stereocenters. The van der Waals surface area contributed by atoms with Gasteiger partial charge in [0, 0.05) is 45.0 Å². The zero-order valence-electron chi connectivity index (χ0n) is 20.0. The third kappa shape index (κ3) is 4.81. The Morgan fingerprint density at radius 2 is 2.06 bits per heavy atom. The summed E-state index contributed by atoms with van der Waals surface area (Å²) in [4.78, 5) is 25.0. The number of piperidine rings is 2. The Balaban J connectivity index is 1.49. The molecule has 5 rings (SSSR count). The SMILES string of the molecule is N#CCC(=O)N1CCC[C@@H](Nc2nc(-c3cnn4ccccc34)nc(N3CCC(CO)CC3)c2F)C1. The molecule has 11 heteroatoms. The van der Waals surface area contributed by atoms with Crippen LogP contribution in [0.15, 0.2) is 30.6 Å². The highest BCUT2D eigenvalue weighted by molar-refractivity contribution is 5.79. The van der Waals surface area contributed by atoms with Crippen LogP contribution in [-0.4, -0.2) is 74.3 Å². The van der Waals surface area contributed by atoms with Gasteiger partial charge in [0.25, 0.3) is 0 Å². The molecule has 2 aliphatic heterocycles. The molecule has 10 nitrogen and oxygen atoms in total. The number of anilines is 2. The number of carbonyl (C=O) groups is 1. The first-order valence-corrected chi connectivity index (χ1v) is 12.3. The quantitative estimate of drug-likeness (QED) is 0.538. The van der Waals surface area contributed by atoms with E-state index in [1.54, 1.807) is 15.6 Å². The van der Waals surface area contributed by atoms with Gasteiger partial charge in [-0.05, 0) is 43.7 Å². The molecule has 2 aliphatic rings. The lowest BCUT2D eigenvalue weighted by Gasteiger charge is -2.34. The van der Waals surface area contributed by atoms with Gasteiger partial charge in [-0.3, -0.25) is 4.79 Å². The number of hydrogen-bond donors (Lipinski definition) is 2. The van der Waals surface area contributed by atoms with E-state index in [1.165, 1.54) is 0 Å². The van der Waals surface area contributed by atoms with Crippen molar-refractivity contribution in [1.82, 2.24) is 24.5 Å². The number of hydrogen-bond acceptors (Lipinski definition) is 8. The fraction of sp³-hybridized carbons (Fsp3) is 0.480. The summed E-state index contributed by atoms with van der Waals surface area (Å²) < 4.78 is 17.6. The van der Waals surface area contributed by atoms with Crippen molar-refractivity contribution in [2.75, 3.05) is 43.0 Å². The number of aromatic nitrogens is 4. The van der Waals surface area contributed by atoms with Crippen molar-refractivity contribution in [2.24, 2.45) is 5.92 Å². The van der Waals surface area contributed by atoms with Crippen molar-refractivity contribution >= 4 is 23.1 Å². The number of nitrogens with one attached hydrogen (secondary N) is 1. The molecule has 188 valence electrons. The van der Waals surface area contributed by atoms with Crippen LogP contribution in [0.2, 0.25) is 0 Å². The highest BCUT2D eigenvalue weighted by Gasteiger charge is 2.29. The van der Waals surface area contributed by atoms with Gasteiger partial charge < -0.3 is 20.2 Å². The fourth-order valence-corrected chi connectivity index (χ4v) is 4.99. The van der Waals surface area contributed by atoms with Gasteiger partial charge in [0.2, 0.25) is 11.7 Å². The Bertz CT molecular complexity index is 1280. The van der Waals surface area contributed by atoms with Crippen LogP contribution in [0.3, 0.4) is 0 Å². The van der Waals surface area contributed by atoms with Crippen molar-refractivity contribution in [3.8, 4) is 17.5 Å². The second-order valence-electron chi connectivity index (χ2n) is 9.39. The maximum absolute atomic E-state index is 15.9. The number of aliphatic hydroxyl groups is 1. The molecule has 0 saturated carbocycles. The number of rotatable bonds is 6. The second kappa shape index (κ2) is 10.5. The normalized spacial score (nSPS) is 18.9. The van der Waals surface area contributed by atoms with Gasteiger partial charge >= 0.3 is 0 Å². The number of nitrogens with zero attached hydrogens (tertiary/aromatic N) is 7. The van der Waals surface area contributed by atoms with Gasteiger partial charge in [0.05, 0.1) is 23.3 Å². The lowest BCUT2D eigenvalue weighted by atomic mass is 9.98. The Hall–Kier alpha value is -3.78. The summed E-state index contributed by atoms with van der Waals surface area (Å²) in [6, 6.07) is 7.40. The van der Waals surface area contributed by atoms with E-state index in [1.807, 2.05) is 35.4 Å². The van der Waals surface area contributed by atoms with Crippen LogP contribution in [-0.2, 0) is 4.79 Å². The lowest BCUT2D eigenvalue weighted by molar-refractivity contribution is -0.131. The van der Waals surface area contributed by atoms with Crippen LogP contribution < -0.4 is 10.2 Å². The molecule has 3 aromatic heterocycles. The fourth-order valence-electron chi connectivity index (χ4n) is 4.99. The standard InChI is InChI=1S/C25H29FN8O2/c26-22-24(29-18-4-3-10-33(15-18)21(36)6-9-27)30-23(19-14-28-34-11-2-1-5-20(19)34)31-25(22)32-12-7-17(16-35)8-13-32/h1-2,5,11,14,17-18,35H,3-4,6-8,10,12-13,15-16H2,(H,29,30,31)/t18-/m1/s1. The lowest BCUT2D eigenvalue weighted by Crippen LogP contribution is -2.45. The third-order valence-electron chi connectivity index (χ3n) is 7.02. The molecule has 0 aliphatic carbocycles. The van der Waals surface area contributed by atoms with E-state index in [2.05, 4.69) is 20.4 Å². The van der Waals surface area contributed by atoms with Crippen molar-refractivity contribution in [2.45, 2.75) is 38.1 Å². The van der Waals surface area contributed by atoms with Gasteiger partial charge in [0.15, 0.2) is 17.5 Å². The predicted octanol–water partition coefficient (Wildman–Crippen LogP) is 2.46. The summed E-state index contributed by atoms with van der Waals surface area (Å²) in [6.07, 6.45) is 6.36. The molecule has 0 spiro atoms. The number of likely N-dealkylation sites (tertiary alicyclic amines) is 1. The predicted molar refractivity (Wildman–Crippen MR) is 132 cm³/mol. The van der Waals surface area contributed by atoms with Crippen LogP contribution in [0.1, 0.15) is 32.1 Å². The van der Waals surface area contributed by atoms with Crippen LogP contribution in [0.5, 0.6) is 0 Å². The number of halogens is 1. The highest BCUT2D eigenvalue weighted by atomic mass is 19.1. The van der Waals surface area contributed by atoms with Crippen LogP contribution in [0.4, 0.5) is 16.0 Å². The van der Waals surface area contributed by atoms with Gasteiger partial charge in [-0.2, -0.15) is 14.8 Å². The Morgan fingerprint density at radius 3 is 2.83 bits per heavy atom. The largest absolute Gasteiger partial charge is 0.396 e. The van der Waals surface area contributed by atoms with Crippen molar-refractivity contribution in [3.63, 3.8) is 0 Å². The summed E-state index contributed by atoms with van der Waals surface area (Å²) >= 11 is 0. The van der Waals surface area contributed by atoms with Crippen molar-refractivity contribution in [3.05, 3.63) is 36.4 Å². The summed E-state index contributed by atoms with van der Waals surface area (Å²) in [5.74, 6) is 0.149. The average molecular weight is 493 g/mol. The van der Waals surface area contributed by atoms with E-state index in [9.17, 15) is 9.90 Å². The summed E-state index contributed by atoms with van der Waals surface area (Å²) in [5, 5.41) is 26.0. The molecule has 0 unspecified atom stereocenters. The Labute approximate surface area is 208 Å². The number of nitriles is 1. The summed E-state index contributed by atoms with van der Waals surface area (Å²) in [5.41, 5.74) is 1.51. The minimum absolute atomic E-state index is 0.0918. The van der Waals surface area contributed by atoms with Crippen LogP contribution >= 0.6 is 0 Å². The maximum Gasteiger partial charge on any atom is 0.236 e. The van der Waals surface area contributed by atoms with Crippen LogP contribution in [0.25, 0.3) is 16.9 Å². The average Bonchev–Trinajstić information content (AvgIpc) is 3.34. The van der Waals surface area contributed by atoms with Crippen LogP contribution in [0, 0.1) is 23.1 Å². The molecule has 0 aromatic carbocycles. The van der Waals surface area contributed by atoms with E-state index >= 15 is 4.39 Å². The smallest absolute Gasteiger partial charge is 0.236 e. The molecule has 5 heterocycles. The molecule has 3 aromatic rings. The van der Waals surface area contributed by atoms with Gasteiger partial charge in [-0.15, -0.1) is 0 Å². The first-order valence-electron chi connectivity index (χ1n) is 12.3. The molecule has 2 saturated heterocycles. The molecule has 0 bridgehead atoms. The summed E-state index contributed by atoms with van der Waals surface area (Å²) in [6.45, 7) is 2.28. The zero-order valence-corrected chi connectivity index (χ0v) is 20.0. The molecule has 36 heavy (non-hydrogen) atoms. The number of carbonyl (C=O) groups excluding carboxylic acids is 1. The van der Waals surface area contributed by atoms with Gasteiger partial charge in [0.1, 0.15) is 6.42 Å². The number of aliphatic hydroxyl groups excluding tert-OH is 1. The minimum atomic E-state index is -0.529. The molecule has 1 amide bonds. The topological polar surface area (TPSA) is 123 Å². The molecular weight excluding hydrogens is 463 g/mol. The van der Waals surface area contributed by atoms with Crippen molar-refractivity contribution < 1.29 is 14.3 Å². The number of pyridine rings is 1. The molecule has 2 N–H and O–H groups in total. The summed E-state index contributed by atoms with van der Waals surface area (Å²) in [7, 11) is 0. The minimum Gasteiger partial charge on any atom is -0.396 e. The third-order valence-corrected chi connectivity index (χ3v) is 7.02. The molecular formula is C25H29FN8O2. The first kappa shape index (κ1) is 23.9. The maximum atomic E-state index is 15.9. The van der Waals surface area contributed by atoms with E-state index in [-0.39, 0.29) is 42.5 Å². The monoisotopic (exact) mass is 492 g/mol. The zero-order chi connectivity index (χ0) is 25.1. The number of fused-ring (bicyclic) bond motifs is 1. The van der Waals surface area contributed by atoms with E-state index in [0.29, 0.717) is 37.6 Å². The second-order valence-corrected chi connectivity index (χ2v) is 9.39. The van der Waals surface area contributed by atoms with Crippen molar-refractivity contribution in [1.29, 1.82) is 5.26 Å². The van der Waals surface area contributed by atoms with E-state index < -0.39 is 5.82 Å². The highest BCUT2D eigenvalue weighted by Crippen LogP contribution is 2.32. The van der Waals surface area contributed by atoms with E-state index in [4.69, 9.17) is 5.26 Å². The molecule has 2 fully saturated rings.